The second-order valence-corrected chi connectivity index (χ2v) is 6.88. The quantitative estimate of drug-likeness (QED) is 0.680. The standard InChI is InChI=1S/C14H17N3O2S/c1-14(2)7-3-4-11(14)16-9-5-6-10-12(15-8-20-10)13(9)17(18)19/h5-6,8,11,16H,3-4,7H2,1-2H3. The minimum Gasteiger partial charge on any atom is -0.376 e. The molecule has 1 N–H and O–H groups in total. The van der Waals surface area contributed by atoms with Crippen LogP contribution in [0.15, 0.2) is 17.6 Å². The van der Waals surface area contributed by atoms with Crippen molar-refractivity contribution in [3.8, 4) is 0 Å². The van der Waals surface area contributed by atoms with E-state index in [4.69, 9.17) is 0 Å². The molecular formula is C14H17N3O2S. The van der Waals surface area contributed by atoms with Crippen molar-refractivity contribution in [3.05, 3.63) is 27.8 Å². The van der Waals surface area contributed by atoms with Gasteiger partial charge in [0.15, 0.2) is 5.52 Å². The van der Waals surface area contributed by atoms with Gasteiger partial charge in [0.25, 0.3) is 0 Å². The highest BCUT2D eigenvalue weighted by molar-refractivity contribution is 7.16. The molecule has 1 unspecified atom stereocenters. The van der Waals surface area contributed by atoms with Gasteiger partial charge in [0.1, 0.15) is 5.69 Å². The van der Waals surface area contributed by atoms with Gasteiger partial charge in [0.2, 0.25) is 0 Å². The maximum atomic E-state index is 11.4. The van der Waals surface area contributed by atoms with E-state index in [0.717, 1.165) is 24.0 Å². The van der Waals surface area contributed by atoms with Gasteiger partial charge in [-0.15, -0.1) is 11.3 Å². The molecule has 0 spiro atoms. The molecule has 1 aromatic heterocycles. The summed E-state index contributed by atoms with van der Waals surface area (Å²) >= 11 is 1.43. The van der Waals surface area contributed by atoms with Crippen LogP contribution in [0, 0.1) is 15.5 Å². The third-order valence-electron chi connectivity index (χ3n) is 4.25. The number of nitro groups is 1. The zero-order valence-corrected chi connectivity index (χ0v) is 12.4. The third-order valence-corrected chi connectivity index (χ3v) is 5.04. The van der Waals surface area contributed by atoms with E-state index in [1.807, 2.05) is 12.1 Å². The number of anilines is 1. The molecule has 0 radical (unpaired) electrons. The van der Waals surface area contributed by atoms with E-state index < -0.39 is 0 Å². The number of benzene rings is 1. The van der Waals surface area contributed by atoms with E-state index in [0.29, 0.717) is 11.2 Å². The molecular weight excluding hydrogens is 274 g/mol. The van der Waals surface area contributed by atoms with Gasteiger partial charge in [-0.1, -0.05) is 20.3 Å². The van der Waals surface area contributed by atoms with Crippen molar-refractivity contribution in [3.63, 3.8) is 0 Å². The van der Waals surface area contributed by atoms with Gasteiger partial charge < -0.3 is 5.32 Å². The maximum absolute atomic E-state index is 11.4. The fraction of sp³-hybridized carbons (Fsp3) is 0.500. The summed E-state index contributed by atoms with van der Waals surface area (Å²) in [5, 5.41) is 14.8. The zero-order valence-electron chi connectivity index (χ0n) is 11.5. The first kappa shape index (κ1) is 13.3. The lowest BCUT2D eigenvalue weighted by Crippen LogP contribution is -2.31. The summed E-state index contributed by atoms with van der Waals surface area (Å²) in [4.78, 5) is 15.2. The summed E-state index contributed by atoms with van der Waals surface area (Å²) in [7, 11) is 0. The minimum absolute atomic E-state index is 0.103. The molecule has 20 heavy (non-hydrogen) atoms. The van der Waals surface area contributed by atoms with Gasteiger partial charge in [-0.05, 0) is 30.4 Å². The molecule has 1 aliphatic carbocycles. The summed E-state index contributed by atoms with van der Waals surface area (Å²) in [5.74, 6) is 0. The lowest BCUT2D eigenvalue weighted by molar-refractivity contribution is -0.382. The van der Waals surface area contributed by atoms with E-state index in [1.54, 1.807) is 5.51 Å². The number of nitrogens with one attached hydrogen (secondary N) is 1. The van der Waals surface area contributed by atoms with Crippen molar-refractivity contribution >= 4 is 32.9 Å². The molecule has 2 aromatic rings. The molecule has 1 fully saturated rings. The van der Waals surface area contributed by atoms with Crippen LogP contribution in [0.3, 0.4) is 0 Å². The molecule has 1 heterocycles. The van der Waals surface area contributed by atoms with Gasteiger partial charge in [0.05, 0.1) is 15.1 Å². The smallest absolute Gasteiger partial charge is 0.319 e. The maximum Gasteiger partial charge on any atom is 0.319 e. The summed E-state index contributed by atoms with van der Waals surface area (Å²) < 4.78 is 0.855. The number of aromatic nitrogens is 1. The summed E-state index contributed by atoms with van der Waals surface area (Å²) in [5.41, 5.74) is 3.01. The molecule has 0 amide bonds. The Bertz CT molecular complexity index is 665. The molecule has 3 rings (SSSR count). The highest BCUT2D eigenvalue weighted by Crippen LogP contribution is 2.41. The molecule has 0 saturated heterocycles. The van der Waals surface area contributed by atoms with E-state index >= 15 is 0 Å². The first-order valence-corrected chi connectivity index (χ1v) is 7.64. The average molecular weight is 291 g/mol. The van der Waals surface area contributed by atoms with Crippen LogP contribution in [0.5, 0.6) is 0 Å². The van der Waals surface area contributed by atoms with E-state index in [2.05, 4.69) is 24.1 Å². The lowest BCUT2D eigenvalue weighted by Gasteiger charge is -2.28. The van der Waals surface area contributed by atoms with E-state index in [9.17, 15) is 10.1 Å². The van der Waals surface area contributed by atoms with E-state index in [1.165, 1.54) is 11.3 Å². The van der Waals surface area contributed by atoms with Crippen LogP contribution in [0.4, 0.5) is 11.4 Å². The topological polar surface area (TPSA) is 68.1 Å². The number of rotatable bonds is 3. The highest BCUT2D eigenvalue weighted by Gasteiger charge is 2.35. The number of hydrogen-bond acceptors (Lipinski definition) is 5. The zero-order chi connectivity index (χ0) is 14.3. The highest BCUT2D eigenvalue weighted by atomic mass is 32.1. The Morgan fingerprint density at radius 1 is 1.50 bits per heavy atom. The predicted molar refractivity (Wildman–Crippen MR) is 81.3 cm³/mol. The summed E-state index contributed by atoms with van der Waals surface area (Å²) in [6.45, 7) is 4.43. The van der Waals surface area contributed by atoms with Crippen LogP contribution in [0.1, 0.15) is 33.1 Å². The van der Waals surface area contributed by atoms with Crippen LogP contribution < -0.4 is 5.32 Å². The van der Waals surface area contributed by atoms with Gasteiger partial charge in [-0.25, -0.2) is 4.98 Å². The molecule has 1 atom stereocenters. The summed E-state index contributed by atoms with van der Waals surface area (Å²) in [6, 6.07) is 3.99. The number of nitrogens with zero attached hydrogens (tertiary/aromatic N) is 2. The second kappa shape index (κ2) is 4.70. The molecule has 0 bridgehead atoms. The number of hydrogen-bond donors (Lipinski definition) is 1. The Morgan fingerprint density at radius 3 is 2.95 bits per heavy atom. The van der Waals surface area contributed by atoms with Crippen molar-refractivity contribution in [1.82, 2.24) is 4.98 Å². The SMILES string of the molecule is CC1(C)CCCC1Nc1ccc2scnc2c1[N+](=O)[O-]. The van der Waals surface area contributed by atoms with Crippen LogP contribution in [-0.4, -0.2) is 15.9 Å². The van der Waals surface area contributed by atoms with Crippen molar-refractivity contribution in [2.24, 2.45) is 5.41 Å². The Hall–Kier alpha value is -1.69. The first-order valence-electron chi connectivity index (χ1n) is 6.76. The fourth-order valence-electron chi connectivity index (χ4n) is 3.00. The lowest BCUT2D eigenvalue weighted by atomic mass is 9.87. The number of nitro benzene ring substituents is 1. The molecule has 5 nitrogen and oxygen atoms in total. The molecule has 6 heteroatoms. The van der Waals surface area contributed by atoms with Crippen molar-refractivity contribution in [2.75, 3.05) is 5.32 Å². The van der Waals surface area contributed by atoms with Crippen molar-refractivity contribution in [1.29, 1.82) is 0 Å². The molecule has 106 valence electrons. The van der Waals surface area contributed by atoms with Gasteiger partial charge >= 0.3 is 5.69 Å². The van der Waals surface area contributed by atoms with Crippen LogP contribution in [-0.2, 0) is 0 Å². The van der Waals surface area contributed by atoms with E-state index in [-0.39, 0.29) is 22.1 Å². The van der Waals surface area contributed by atoms with Gasteiger partial charge in [0, 0.05) is 6.04 Å². The third kappa shape index (κ3) is 2.14. The largest absolute Gasteiger partial charge is 0.376 e. The Balaban J connectivity index is 2.03. The van der Waals surface area contributed by atoms with Crippen molar-refractivity contribution < 1.29 is 4.92 Å². The number of fused-ring (bicyclic) bond motifs is 1. The van der Waals surface area contributed by atoms with Crippen LogP contribution in [0.2, 0.25) is 0 Å². The monoisotopic (exact) mass is 291 g/mol. The minimum atomic E-state index is -0.327. The molecule has 1 aromatic carbocycles. The second-order valence-electron chi connectivity index (χ2n) is 6.00. The first-order chi connectivity index (χ1) is 9.49. The predicted octanol–water partition coefficient (Wildman–Crippen LogP) is 4.20. The number of thiazole rings is 1. The van der Waals surface area contributed by atoms with Crippen LogP contribution >= 0.6 is 11.3 Å². The Kier molecular flexibility index (Phi) is 3.12. The Labute approximate surface area is 121 Å². The van der Waals surface area contributed by atoms with Gasteiger partial charge in [-0.2, -0.15) is 0 Å². The normalized spacial score (nSPS) is 21.2. The van der Waals surface area contributed by atoms with Crippen molar-refractivity contribution in [2.45, 2.75) is 39.2 Å². The Morgan fingerprint density at radius 2 is 2.30 bits per heavy atom. The molecule has 1 saturated carbocycles. The van der Waals surface area contributed by atoms with Gasteiger partial charge in [-0.3, -0.25) is 10.1 Å². The van der Waals surface area contributed by atoms with Crippen LogP contribution in [0.25, 0.3) is 10.2 Å². The molecule has 0 aliphatic heterocycles. The fourth-order valence-corrected chi connectivity index (χ4v) is 3.68. The summed E-state index contributed by atoms with van der Waals surface area (Å²) in [6.07, 6.45) is 3.37. The molecule has 1 aliphatic rings. The average Bonchev–Trinajstić information content (AvgIpc) is 2.95.